The van der Waals surface area contributed by atoms with Crippen molar-refractivity contribution in [1.29, 1.82) is 0 Å². The summed E-state index contributed by atoms with van der Waals surface area (Å²) in [7, 11) is 0. The fraction of sp³-hybridized carbons (Fsp3) is 0.538. The summed E-state index contributed by atoms with van der Waals surface area (Å²) in [6.45, 7) is 4.22. The number of aryl methyl sites for hydroxylation is 1. The number of hydrogen-bond donors (Lipinski definition) is 0. The van der Waals surface area contributed by atoms with Gasteiger partial charge in [0.05, 0.1) is 6.61 Å². The summed E-state index contributed by atoms with van der Waals surface area (Å²) in [6, 6.07) is 8.12. The summed E-state index contributed by atoms with van der Waals surface area (Å²) in [5, 5.41) is 0. The van der Waals surface area contributed by atoms with E-state index in [0.717, 1.165) is 44.1 Å². The van der Waals surface area contributed by atoms with Gasteiger partial charge in [-0.2, -0.15) is 0 Å². The molecule has 0 amide bonds. The molecule has 0 spiro atoms. The van der Waals surface area contributed by atoms with Crippen LogP contribution in [-0.2, 0) is 27.2 Å². The Kier molecular flexibility index (Phi) is 7.85. The largest absolute Gasteiger partial charge is 0.465 e. The van der Waals surface area contributed by atoms with Crippen LogP contribution in [0.4, 0.5) is 0 Å². The van der Waals surface area contributed by atoms with E-state index in [4.69, 9.17) is 4.74 Å². The number of hydrogen-bond acceptors (Lipinski definition) is 3. The minimum atomic E-state index is -0.679. The molecule has 1 aromatic rings. The molecule has 0 heterocycles. The number of rotatable bonds is 8. The average Bonchev–Trinajstić information content (AvgIpc) is 2.78. The van der Waals surface area contributed by atoms with Gasteiger partial charge in [0, 0.05) is 5.92 Å². The topological polar surface area (TPSA) is 43.4 Å². The summed E-state index contributed by atoms with van der Waals surface area (Å²) >= 11 is 0. The second kappa shape index (κ2) is 10.6. The molecule has 0 aromatic heterocycles. The van der Waals surface area contributed by atoms with Gasteiger partial charge in [-0.3, -0.25) is 9.59 Å². The van der Waals surface area contributed by atoms with Gasteiger partial charge < -0.3 is 4.74 Å². The zero-order chi connectivity index (χ0) is 20.6. The van der Waals surface area contributed by atoms with E-state index in [1.807, 2.05) is 18.2 Å². The van der Waals surface area contributed by atoms with Crippen LogP contribution in [0.15, 0.2) is 48.6 Å². The summed E-state index contributed by atoms with van der Waals surface area (Å²) in [5.74, 6) is 0.299. The highest BCUT2D eigenvalue weighted by molar-refractivity contribution is 6.00. The molecule has 0 bridgehead atoms. The van der Waals surface area contributed by atoms with Crippen LogP contribution >= 0.6 is 0 Å². The second-order valence-corrected chi connectivity index (χ2v) is 8.36. The first-order valence-electron chi connectivity index (χ1n) is 11.2. The predicted molar refractivity (Wildman–Crippen MR) is 116 cm³/mol. The molecule has 2 unspecified atom stereocenters. The van der Waals surface area contributed by atoms with Crippen LogP contribution in [0.3, 0.4) is 0 Å². The first-order valence-corrected chi connectivity index (χ1v) is 11.2. The minimum absolute atomic E-state index is 0.0162. The molecule has 1 aromatic carbocycles. The van der Waals surface area contributed by atoms with Crippen molar-refractivity contribution in [2.24, 2.45) is 23.7 Å². The highest BCUT2D eigenvalue weighted by atomic mass is 16.5. The number of carbonyl (C=O) groups excluding carboxylic acids is 2. The van der Waals surface area contributed by atoms with Crippen LogP contribution in [0.2, 0.25) is 0 Å². The highest BCUT2D eigenvalue weighted by Crippen LogP contribution is 2.38. The molecule has 0 radical (unpaired) electrons. The highest BCUT2D eigenvalue weighted by Gasteiger charge is 2.37. The van der Waals surface area contributed by atoms with Crippen molar-refractivity contribution in [2.75, 3.05) is 6.61 Å². The maximum atomic E-state index is 13.4. The van der Waals surface area contributed by atoms with Crippen LogP contribution < -0.4 is 0 Å². The molecule has 0 N–H and O–H groups in total. The van der Waals surface area contributed by atoms with E-state index in [1.165, 1.54) is 5.56 Å². The molecule has 2 atom stereocenters. The van der Waals surface area contributed by atoms with E-state index in [0.29, 0.717) is 24.9 Å². The second-order valence-electron chi connectivity index (χ2n) is 8.36. The molecule has 1 fully saturated rings. The van der Waals surface area contributed by atoms with Gasteiger partial charge in [-0.05, 0) is 74.8 Å². The van der Waals surface area contributed by atoms with Crippen molar-refractivity contribution < 1.29 is 14.3 Å². The molecule has 0 saturated heterocycles. The van der Waals surface area contributed by atoms with Crippen LogP contribution in [0.5, 0.6) is 0 Å². The van der Waals surface area contributed by atoms with Gasteiger partial charge in [-0.15, -0.1) is 0 Å². The quantitative estimate of drug-likeness (QED) is 0.433. The molecule has 2 aliphatic carbocycles. The molecule has 3 rings (SSSR count). The average molecular weight is 395 g/mol. The van der Waals surface area contributed by atoms with Crippen LogP contribution in [0, 0.1) is 23.7 Å². The first-order chi connectivity index (χ1) is 14.1. The van der Waals surface area contributed by atoms with Gasteiger partial charge in [0.15, 0.2) is 5.78 Å². The van der Waals surface area contributed by atoms with Crippen molar-refractivity contribution in [3.8, 4) is 0 Å². The number of esters is 1. The van der Waals surface area contributed by atoms with Gasteiger partial charge in [-0.1, -0.05) is 55.5 Å². The zero-order valence-corrected chi connectivity index (χ0v) is 17.8. The van der Waals surface area contributed by atoms with E-state index in [-0.39, 0.29) is 17.7 Å². The Hall–Kier alpha value is -2.16. The van der Waals surface area contributed by atoms with Crippen molar-refractivity contribution in [3.05, 3.63) is 59.7 Å². The van der Waals surface area contributed by atoms with E-state index in [9.17, 15) is 9.59 Å². The van der Waals surface area contributed by atoms with Crippen molar-refractivity contribution in [2.45, 2.75) is 58.8 Å². The molecular formula is C26H34O3. The molecule has 2 aliphatic rings. The van der Waals surface area contributed by atoms with E-state index >= 15 is 0 Å². The first kappa shape index (κ1) is 21.5. The lowest BCUT2D eigenvalue weighted by Crippen LogP contribution is -2.35. The number of carbonyl (C=O) groups is 2. The minimum Gasteiger partial charge on any atom is -0.465 e. The lowest BCUT2D eigenvalue weighted by atomic mass is 9.71. The summed E-state index contributed by atoms with van der Waals surface area (Å²) in [5.41, 5.74) is 2.30. The predicted octanol–water partition coefficient (Wildman–Crippen LogP) is 5.48. The summed E-state index contributed by atoms with van der Waals surface area (Å²) in [4.78, 5) is 26.1. The Morgan fingerprint density at radius 1 is 1.03 bits per heavy atom. The molecule has 1 saturated carbocycles. The van der Waals surface area contributed by atoms with E-state index in [2.05, 4.69) is 37.3 Å². The summed E-state index contributed by atoms with van der Waals surface area (Å²) < 4.78 is 5.30. The number of benzene rings is 1. The fourth-order valence-electron chi connectivity index (χ4n) is 4.93. The molecular weight excluding hydrogens is 360 g/mol. The number of allylic oxidation sites excluding steroid dienone is 4. The molecule has 29 heavy (non-hydrogen) atoms. The van der Waals surface area contributed by atoms with E-state index in [1.54, 1.807) is 6.92 Å². The third-order valence-corrected chi connectivity index (χ3v) is 6.63. The Labute approximate surface area is 175 Å². The van der Waals surface area contributed by atoms with Crippen molar-refractivity contribution in [3.63, 3.8) is 0 Å². The summed E-state index contributed by atoms with van der Waals surface area (Å²) in [6.07, 6.45) is 15.2. The zero-order valence-electron chi connectivity index (χ0n) is 17.8. The SMILES string of the molecule is CCOC(=O)C(Cc1ccccc1CC)C(=O)[C@H]1CC[C@H](C2C=CC=CC2)CC1. The van der Waals surface area contributed by atoms with Crippen molar-refractivity contribution >= 4 is 11.8 Å². The van der Waals surface area contributed by atoms with Crippen LogP contribution in [0.25, 0.3) is 0 Å². The number of Topliss-reactive ketones (excluding diaryl/α,β-unsaturated/α-hetero) is 1. The van der Waals surface area contributed by atoms with Gasteiger partial charge in [0.2, 0.25) is 0 Å². The molecule has 0 aliphatic heterocycles. The Balaban J connectivity index is 1.67. The van der Waals surface area contributed by atoms with E-state index < -0.39 is 5.92 Å². The third-order valence-electron chi connectivity index (χ3n) is 6.63. The maximum absolute atomic E-state index is 13.4. The Morgan fingerprint density at radius 2 is 1.76 bits per heavy atom. The van der Waals surface area contributed by atoms with Crippen LogP contribution in [0.1, 0.15) is 57.1 Å². The maximum Gasteiger partial charge on any atom is 0.316 e. The molecule has 3 heteroatoms. The smallest absolute Gasteiger partial charge is 0.316 e. The fourth-order valence-corrected chi connectivity index (χ4v) is 4.93. The standard InChI is InChI=1S/C26H34O3/c1-3-19-10-8-9-13-23(19)18-24(26(28)29-4-2)25(27)22-16-14-21(15-17-22)20-11-6-5-7-12-20/h5-11,13,20-22,24H,3-4,12,14-18H2,1-2H3/t20?,21-,22-,24?. The van der Waals surface area contributed by atoms with Crippen molar-refractivity contribution in [1.82, 2.24) is 0 Å². The van der Waals surface area contributed by atoms with Gasteiger partial charge in [-0.25, -0.2) is 0 Å². The monoisotopic (exact) mass is 394 g/mol. The molecule has 156 valence electrons. The van der Waals surface area contributed by atoms with Gasteiger partial charge in [0.1, 0.15) is 5.92 Å². The van der Waals surface area contributed by atoms with Gasteiger partial charge >= 0.3 is 5.97 Å². The third kappa shape index (κ3) is 5.46. The molecule has 3 nitrogen and oxygen atoms in total. The number of ether oxygens (including phenoxy) is 1. The number of ketones is 1. The lowest BCUT2D eigenvalue weighted by molar-refractivity contribution is -0.153. The van der Waals surface area contributed by atoms with Crippen LogP contribution in [-0.4, -0.2) is 18.4 Å². The normalized spacial score (nSPS) is 24.8. The Bertz CT molecular complexity index is 753. The Morgan fingerprint density at radius 3 is 2.38 bits per heavy atom. The lowest BCUT2D eigenvalue weighted by Gasteiger charge is -2.33. The van der Waals surface area contributed by atoms with Gasteiger partial charge in [0.25, 0.3) is 0 Å².